The number of carbonyl (C=O) groups is 1. The number of nitrogens with two attached hydrogens (primary N) is 1. The average Bonchev–Trinajstić information content (AvgIpc) is 2.32. The third kappa shape index (κ3) is 5.68. The second-order valence-corrected chi connectivity index (χ2v) is 4.52. The highest BCUT2D eigenvalue weighted by atomic mass is 16.3. The van der Waals surface area contributed by atoms with Crippen LogP contribution in [0.3, 0.4) is 0 Å². The van der Waals surface area contributed by atoms with Crippen LogP contribution in [0.1, 0.15) is 31.7 Å². The summed E-state index contributed by atoms with van der Waals surface area (Å²) >= 11 is 0. The first-order chi connectivity index (χ1) is 8.61. The summed E-state index contributed by atoms with van der Waals surface area (Å²) in [6.45, 7) is 2.66. The Bertz CT molecular complexity index is 363. The van der Waals surface area contributed by atoms with E-state index in [1.807, 2.05) is 12.1 Å². The summed E-state index contributed by atoms with van der Waals surface area (Å²) in [6, 6.07) is 6.96. The van der Waals surface area contributed by atoms with E-state index in [4.69, 9.17) is 10.8 Å². The van der Waals surface area contributed by atoms with E-state index in [9.17, 15) is 4.79 Å². The lowest BCUT2D eigenvalue weighted by Gasteiger charge is -2.10. The number of phenolic OH excluding ortho intramolecular Hbond substituents is 1. The molecule has 0 aromatic heterocycles. The van der Waals surface area contributed by atoms with Crippen LogP contribution in [0.4, 0.5) is 0 Å². The van der Waals surface area contributed by atoms with Crippen LogP contribution < -0.4 is 11.1 Å². The van der Waals surface area contributed by atoms with Crippen LogP contribution in [0.2, 0.25) is 0 Å². The molecule has 0 spiro atoms. The lowest BCUT2D eigenvalue weighted by molar-refractivity contribution is -0.121. The Kier molecular flexibility index (Phi) is 6.22. The van der Waals surface area contributed by atoms with E-state index in [2.05, 4.69) is 12.2 Å². The smallest absolute Gasteiger partial charge is 0.221 e. The van der Waals surface area contributed by atoms with Crippen LogP contribution >= 0.6 is 0 Å². The van der Waals surface area contributed by atoms with Crippen LogP contribution in [0.5, 0.6) is 5.75 Å². The molecular weight excluding hydrogens is 228 g/mol. The van der Waals surface area contributed by atoms with E-state index >= 15 is 0 Å². The third-order valence-electron chi connectivity index (χ3n) is 2.78. The lowest BCUT2D eigenvalue weighted by Crippen LogP contribution is -2.32. The second-order valence-electron chi connectivity index (χ2n) is 4.52. The molecule has 0 fully saturated rings. The van der Waals surface area contributed by atoms with Gasteiger partial charge < -0.3 is 16.2 Å². The SMILES string of the molecule is CCCC(N)CC(=O)NCCc1ccc(O)cc1. The van der Waals surface area contributed by atoms with Crippen molar-refractivity contribution in [3.05, 3.63) is 29.8 Å². The quantitative estimate of drug-likeness (QED) is 0.687. The molecule has 100 valence electrons. The molecule has 0 saturated carbocycles. The number of rotatable bonds is 7. The standard InChI is InChI=1S/C14H22N2O2/c1-2-3-12(15)10-14(18)16-9-8-11-4-6-13(17)7-5-11/h4-7,12,17H,2-3,8-10,15H2,1H3,(H,16,18). The van der Waals surface area contributed by atoms with Crippen molar-refractivity contribution in [1.82, 2.24) is 5.32 Å². The summed E-state index contributed by atoms with van der Waals surface area (Å²) < 4.78 is 0. The van der Waals surface area contributed by atoms with Gasteiger partial charge in [-0.15, -0.1) is 0 Å². The number of amides is 1. The van der Waals surface area contributed by atoms with Gasteiger partial charge in [0.05, 0.1) is 0 Å². The van der Waals surface area contributed by atoms with Gasteiger partial charge in [0.1, 0.15) is 5.75 Å². The van der Waals surface area contributed by atoms with E-state index in [-0.39, 0.29) is 17.7 Å². The van der Waals surface area contributed by atoms with Crippen molar-refractivity contribution < 1.29 is 9.90 Å². The fourth-order valence-electron chi connectivity index (χ4n) is 1.79. The van der Waals surface area contributed by atoms with Crippen molar-refractivity contribution in [3.8, 4) is 5.75 Å². The van der Waals surface area contributed by atoms with Gasteiger partial charge in [-0.2, -0.15) is 0 Å². The molecule has 0 bridgehead atoms. The molecule has 1 atom stereocenters. The Hall–Kier alpha value is -1.55. The highest BCUT2D eigenvalue weighted by Crippen LogP contribution is 2.09. The number of benzene rings is 1. The van der Waals surface area contributed by atoms with Crippen molar-refractivity contribution >= 4 is 5.91 Å². The second kappa shape index (κ2) is 7.71. The predicted octanol–water partition coefficient (Wildman–Crippen LogP) is 1.57. The fourth-order valence-corrected chi connectivity index (χ4v) is 1.79. The Balaban J connectivity index is 2.21. The molecule has 1 aromatic carbocycles. The zero-order valence-electron chi connectivity index (χ0n) is 10.9. The van der Waals surface area contributed by atoms with E-state index in [0.717, 1.165) is 24.8 Å². The maximum absolute atomic E-state index is 11.5. The fraction of sp³-hybridized carbons (Fsp3) is 0.500. The first kappa shape index (κ1) is 14.5. The lowest BCUT2D eigenvalue weighted by atomic mass is 10.1. The first-order valence-corrected chi connectivity index (χ1v) is 6.42. The number of hydrogen-bond donors (Lipinski definition) is 3. The Labute approximate surface area is 108 Å². The van der Waals surface area contributed by atoms with Crippen LogP contribution in [-0.2, 0) is 11.2 Å². The number of aromatic hydroxyl groups is 1. The molecule has 1 amide bonds. The van der Waals surface area contributed by atoms with Gasteiger partial charge in [0.2, 0.25) is 5.91 Å². The minimum absolute atomic E-state index is 0.00901. The number of phenols is 1. The van der Waals surface area contributed by atoms with E-state index < -0.39 is 0 Å². The molecule has 1 aromatic rings. The van der Waals surface area contributed by atoms with Gasteiger partial charge in [-0.3, -0.25) is 4.79 Å². The highest BCUT2D eigenvalue weighted by Gasteiger charge is 2.07. The van der Waals surface area contributed by atoms with E-state index in [1.54, 1.807) is 12.1 Å². The Morgan fingerprint density at radius 1 is 1.39 bits per heavy atom. The van der Waals surface area contributed by atoms with Crippen molar-refractivity contribution in [2.75, 3.05) is 6.54 Å². The molecule has 1 unspecified atom stereocenters. The van der Waals surface area contributed by atoms with Crippen LogP contribution in [0.15, 0.2) is 24.3 Å². The summed E-state index contributed by atoms with van der Waals surface area (Å²) in [6.07, 6.45) is 3.03. The molecule has 4 nitrogen and oxygen atoms in total. The molecule has 0 aliphatic carbocycles. The maximum atomic E-state index is 11.5. The summed E-state index contributed by atoms with van der Waals surface area (Å²) in [5, 5.41) is 12.0. The van der Waals surface area contributed by atoms with Crippen LogP contribution in [-0.4, -0.2) is 23.6 Å². The zero-order chi connectivity index (χ0) is 13.4. The average molecular weight is 250 g/mol. The molecule has 4 heteroatoms. The number of hydrogen-bond acceptors (Lipinski definition) is 3. The Morgan fingerprint density at radius 3 is 2.67 bits per heavy atom. The van der Waals surface area contributed by atoms with Gasteiger partial charge in [0.25, 0.3) is 0 Å². The molecular formula is C14H22N2O2. The maximum Gasteiger partial charge on any atom is 0.221 e. The van der Waals surface area contributed by atoms with Crippen molar-refractivity contribution in [3.63, 3.8) is 0 Å². The number of carbonyl (C=O) groups excluding carboxylic acids is 1. The van der Waals surface area contributed by atoms with Gasteiger partial charge in [-0.1, -0.05) is 25.5 Å². The summed E-state index contributed by atoms with van der Waals surface area (Å²) in [5.41, 5.74) is 6.88. The molecule has 0 saturated heterocycles. The molecule has 18 heavy (non-hydrogen) atoms. The van der Waals surface area contributed by atoms with Crippen molar-refractivity contribution in [2.45, 2.75) is 38.6 Å². The van der Waals surface area contributed by atoms with Crippen molar-refractivity contribution in [1.29, 1.82) is 0 Å². The molecule has 0 aliphatic heterocycles. The Morgan fingerprint density at radius 2 is 2.06 bits per heavy atom. The topological polar surface area (TPSA) is 75.4 Å². The summed E-state index contributed by atoms with van der Waals surface area (Å²) in [4.78, 5) is 11.5. The summed E-state index contributed by atoms with van der Waals surface area (Å²) in [5.74, 6) is 0.267. The molecule has 4 N–H and O–H groups in total. The third-order valence-corrected chi connectivity index (χ3v) is 2.78. The minimum Gasteiger partial charge on any atom is -0.508 e. The minimum atomic E-state index is -0.0383. The highest BCUT2D eigenvalue weighted by molar-refractivity contribution is 5.76. The normalized spacial score (nSPS) is 12.1. The van der Waals surface area contributed by atoms with Gasteiger partial charge in [0.15, 0.2) is 0 Å². The van der Waals surface area contributed by atoms with Gasteiger partial charge in [-0.05, 0) is 30.5 Å². The van der Waals surface area contributed by atoms with Crippen LogP contribution in [0.25, 0.3) is 0 Å². The van der Waals surface area contributed by atoms with Gasteiger partial charge in [-0.25, -0.2) is 0 Å². The predicted molar refractivity (Wildman–Crippen MR) is 72.3 cm³/mol. The van der Waals surface area contributed by atoms with Gasteiger partial charge >= 0.3 is 0 Å². The summed E-state index contributed by atoms with van der Waals surface area (Å²) in [7, 11) is 0. The monoisotopic (exact) mass is 250 g/mol. The number of nitrogens with one attached hydrogen (secondary N) is 1. The molecule has 0 radical (unpaired) electrons. The van der Waals surface area contributed by atoms with Gasteiger partial charge in [0, 0.05) is 19.0 Å². The molecule has 0 aliphatic rings. The van der Waals surface area contributed by atoms with Crippen LogP contribution in [0, 0.1) is 0 Å². The largest absolute Gasteiger partial charge is 0.508 e. The van der Waals surface area contributed by atoms with E-state index in [1.165, 1.54) is 0 Å². The van der Waals surface area contributed by atoms with Crippen molar-refractivity contribution in [2.24, 2.45) is 5.73 Å². The first-order valence-electron chi connectivity index (χ1n) is 6.42. The zero-order valence-corrected chi connectivity index (χ0v) is 10.9. The van der Waals surface area contributed by atoms with E-state index in [0.29, 0.717) is 13.0 Å². The molecule has 1 rings (SSSR count). The molecule has 0 heterocycles.